The molecule has 6 aromatic rings. The number of hydrogen-bond donors (Lipinski definition) is 0. The first-order valence-electron chi connectivity index (χ1n) is 10.6. The smallest absolute Gasteiger partial charge is 0.101 e. The number of benzene rings is 5. The lowest BCUT2D eigenvalue weighted by Crippen LogP contribution is -1.97. The van der Waals surface area contributed by atoms with Crippen LogP contribution in [0.25, 0.3) is 49.7 Å². The minimum atomic E-state index is 0.994. The molecule has 32 heavy (non-hydrogen) atoms. The van der Waals surface area contributed by atoms with Gasteiger partial charge in [-0.1, -0.05) is 101 Å². The van der Waals surface area contributed by atoms with Crippen LogP contribution in [0, 0.1) is 0 Å². The Hall–Kier alpha value is -3.69. The second kappa shape index (κ2) is 7.77. The minimum absolute atomic E-state index is 0.994. The maximum atomic E-state index is 5.20. The normalized spacial score (nSPS) is 11.3. The molecule has 0 atom stereocenters. The second-order valence-corrected chi connectivity index (χ2v) is 8.75. The molecule has 0 spiro atoms. The Morgan fingerprint density at radius 2 is 1.25 bits per heavy atom. The van der Waals surface area contributed by atoms with Crippen LogP contribution in [0.15, 0.2) is 120 Å². The van der Waals surface area contributed by atoms with Crippen LogP contribution in [-0.4, -0.2) is 9.78 Å². The van der Waals surface area contributed by atoms with E-state index in [2.05, 4.69) is 130 Å². The highest BCUT2D eigenvalue weighted by molar-refractivity contribution is 9.10. The first-order chi connectivity index (χ1) is 15.8. The summed E-state index contributed by atoms with van der Waals surface area (Å²) in [4.78, 5) is 0. The molecule has 0 unspecified atom stereocenters. The van der Waals surface area contributed by atoms with Gasteiger partial charge in [-0.15, -0.1) is 0 Å². The van der Waals surface area contributed by atoms with Crippen molar-refractivity contribution in [1.82, 2.24) is 9.78 Å². The Labute approximate surface area is 194 Å². The highest BCUT2D eigenvalue weighted by atomic mass is 79.9. The minimum Gasteiger partial charge on any atom is -0.232 e. The van der Waals surface area contributed by atoms with Gasteiger partial charge in [0, 0.05) is 20.8 Å². The summed E-state index contributed by atoms with van der Waals surface area (Å²) in [5.74, 6) is 0. The molecule has 0 saturated heterocycles. The Morgan fingerprint density at radius 3 is 1.97 bits per heavy atom. The van der Waals surface area contributed by atoms with Crippen molar-refractivity contribution in [2.75, 3.05) is 0 Å². The van der Waals surface area contributed by atoms with Crippen LogP contribution in [0.2, 0.25) is 0 Å². The van der Waals surface area contributed by atoms with E-state index in [1.54, 1.807) is 0 Å². The number of halogens is 1. The number of rotatable bonds is 3. The summed E-state index contributed by atoms with van der Waals surface area (Å²) < 4.78 is 3.15. The maximum Gasteiger partial charge on any atom is 0.101 e. The average molecular weight is 475 g/mol. The summed E-state index contributed by atoms with van der Waals surface area (Å²) >= 11 is 3.56. The first kappa shape index (κ1) is 19.0. The highest BCUT2D eigenvalue weighted by Crippen LogP contribution is 2.41. The second-order valence-electron chi connectivity index (χ2n) is 7.84. The molecule has 0 aliphatic rings. The van der Waals surface area contributed by atoms with Crippen LogP contribution in [-0.2, 0) is 0 Å². The fourth-order valence-electron chi connectivity index (χ4n) is 4.40. The van der Waals surface area contributed by atoms with E-state index in [-0.39, 0.29) is 0 Å². The van der Waals surface area contributed by atoms with Gasteiger partial charge in [-0.3, -0.25) is 0 Å². The van der Waals surface area contributed by atoms with Crippen molar-refractivity contribution in [3.8, 4) is 28.1 Å². The Balaban J connectivity index is 1.82. The fraction of sp³-hybridized carbons (Fsp3) is 0. The summed E-state index contributed by atoms with van der Waals surface area (Å²) in [6.45, 7) is 0. The third-order valence-corrected chi connectivity index (χ3v) is 6.40. The van der Waals surface area contributed by atoms with Gasteiger partial charge < -0.3 is 0 Å². The van der Waals surface area contributed by atoms with E-state index in [1.807, 2.05) is 6.07 Å². The molecule has 0 fully saturated rings. The van der Waals surface area contributed by atoms with Crippen molar-refractivity contribution in [3.63, 3.8) is 0 Å². The molecular formula is C29H19BrN2. The van der Waals surface area contributed by atoms with Crippen molar-refractivity contribution in [2.45, 2.75) is 0 Å². The van der Waals surface area contributed by atoms with Crippen LogP contribution < -0.4 is 0 Å². The first-order valence-corrected chi connectivity index (χ1v) is 11.4. The van der Waals surface area contributed by atoms with Gasteiger partial charge in [-0.2, -0.15) is 5.10 Å². The van der Waals surface area contributed by atoms with Gasteiger partial charge in [-0.25, -0.2) is 4.68 Å². The van der Waals surface area contributed by atoms with Gasteiger partial charge in [0.2, 0.25) is 0 Å². The van der Waals surface area contributed by atoms with E-state index in [0.29, 0.717) is 0 Å². The predicted molar refractivity (Wildman–Crippen MR) is 137 cm³/mol. The lowest BCUT2D eigenvalue weighted by atomic mass is 9.94. The van der Waals surface area contributed by atoms with Crippen LogP contribution in [0.3, 0.4) is 0 Å². The molecule has 0 bridgehead atoms. The molecule has 0 saturated carbocycles. The summed E-state index contributed by atoms with van der Waals surface area (Å²) in [7, 11) is 0. The number of aromatic nitrogens is 2. The van der Waals surface area contributed by atoms with E-state index in [4.69, 9.17) is 5.10 Å². The zero-order chi connectivity index (χ0) is 21.5. The number of hydrogen-bond acceptors (Lipinski definition) is 1. The third kappa shape index (κ3) is 3.14. The van der Waals surface area contributed by atoms with Crippen LogP contribution in [0.4, 0.5) is 0 Å². The lowest BCUT2D eigenvalue weighted by molar-refractivity contribution is 0.917. The van der Waals surface area contributed by atoms with Crippen molar-refractivity contribution in [2.24, 2.45) is 0 Å². The monoisotopic (exact) mass is 474 g/mol. The van der Waals surface area contributed by atoms with Crippen molar-refractivity contribution < 1.29 is 0 Å². The molecule has 3 heteroatoms. The molecule has 0 aliphatic heterocycles. The Bertz CT molecular complexity index is 1550. The van der Waals surface area contributed by atoms with Gasteiger partial charge >= 0.3 is 0 Å². The molecule has 0 amide bonds. The van der Waals surface area contributed by atoms with E-state index in [0.717, 1.165) is 26.9 Å². The summed E-state index contributed by atoms with van der Waals surface area (Å²) in [5, 5.41) is 8.77. The van der Waals surface area contributed by atoms with E-state index in [9.17, 15) is 0 Å². The molecule has 5 aromatic carbocycles. The zero-order valence-corrected chi connectivity index (χ0v) is 18.8. The quantitative estimate of drug-likeness (QED) is 0.252. The summed E-state index contributed by atoms with van der Waals surface area (Å²) in [5.41, 5.74) is 6.66. The number of nitrogens with zero attached hydrogens (tertiary/aromatic N) is 2. The summed E-state index contributed by atoms with van der Waals surface area (Å²) in [6, 6.07) is 40.3. The van der Waals surface area contributed by atoms with Gasteiger partial charge in [-0.05, 0) is 46.8 Å². The number of fused-ring (bicyclic) bond motifs is 3. The standard InChI is InChI=1S/C29H19BrN2/c30-23-15-17-24(18-16-23)32-29-25-14-8-7-13-22(25)19-26(20-9-3-1-4-10-20)27(29)28(31-32)21-11-5-2-6-12-21/h1-19H. The van der Waals surface area contributed by atoms with Crippen molar-refractivity contribution in [1.29, 1.82) is 0 Å². The van der Waals surface area contributed by atoms with Crippen LogP contribution >= 0.6 is 15.9 Å². The average Bonchev–Trinajstić information content (AvgIpc) is 3.26. The van der Waals surface area contributed by atoms with Gasteiger partial charge in [0.25, 0.3) is 0 Å². The summed E-state index contributed by atoms with van der Waals surface area (Å²) in [6.07, 6.45) is 0. The van der Waals surface area contributed by atoms with E-state index < -0.39 is 0 Å². The Kier molecular flexibility index (Phi) is 4.62. The third-order valence-electron chi connectivity index (χ3n) is 5.87. The van der Waals surface area contributed by atoms with Crippen molar-refractivity contribution in [3.05, 3.63) is 120 Å². The molecule has 0 N–H and O–H groups in total. The van der Waals surface area contributed by atoms with Crippen LogP contribution in [0.5, 0.6) is 0 Å². The molecule has 6 rings (SSSR count). The Morgan fingerprint density at radius 1 is 0.625 bits per heavy atom. The molecule has 1 aromatic heterocycles. The molecular weight excluding hydrogens is 456 g/mol. The SMILES string of the molecule is Brc1ccc(-n2nc(-c3ccccc3)c3c(-c4ccccc4)cc4ccccc4c32)cc1. The van der Waals surface area contributed by atoms with Crippen LogP contribution in [0.1, 0.15) is 0 Å². The van der Waals surface area contributed by atoms with Gasteiger partial charge in [0.05, 0.1) is 11.2 Å². The van der Waals surface area contributed by atoms with Crippen molar-refractivity contribution >= 4 is 37.6 Å². The molecule has 1 heterocycles. The van der Waals surface area contributed by atoms with Gasteiger partial charge in [0.1, 0.15) is 5.69 Å². The molecule has 0 radical (unpaired) electrons. The largest absolute Gasteiger partial charge is 0.232 e. The molecule has 0 aliphatic carbocycles. The van der Waals surface area contributed by atoms with E-state index >= 15 is 0 Å². The topological polar surface area (TPSA) is 17.8 Å². The fourth-order valence-corrected chi connectivity index (χ4v) is 4.67. The molecule has 152 valence electrons. The van der Waals surface area contributed by atoms with E-state index in [1.165, 1.54) is 27.3 Å². The predicted octanol–water partition coefficient (Wildman–Crippen LogP) is 8.28. The molecule has 2 nitrogen and oxygen atoms in total. The van der Waals surface area contributed by atoms with Gasteiger partial charge in [0.15, 0.2) is 0 Å². The lowest BCUT2D eigenvalue weighted by Gasteiger charge is -2.11. The zero-order valence-electron chi connectivity index (χ0n) is 17.2. The highest BCUT2D eigenvalue weighted by Gasteiger charge is 2.20. The maximum absolute atomic E-state index is 5.20.